The first-order chi connectivity index (χ1) is 8.88. The van der Waals surface area contributed by atoms with Gasteiger partial charge in [0.15, 0.2) is 0 Å². The maximum atomic E-state index is 12.1. The van der Waals surface area contributed by atoms with E-state index in [1.807, 2.05) is 0 Å². The molecule has 0 aromatic rings. The molecule has 0 aromatic carbocycles. The van der Waals surface area contributed by atoms with Gasteiger partial charge in [0, 0.05) is 5.92 Å². The van der Waals surface area contributed by atoms with Crippen LogP contribution in [0.25, 0.3) is 0 Å². The van der Waals surface area contributed by atoms with Crippen LogP contribution in [0.5, 0.6) is 0 Å². The molecule has 5 heteroatoms. The number of alkyl halides is 3. The summed E-state index contributed by atoms with van der Waals surface area (Å²) in [7, 11) is 0. The van der Waals surface area contributed by atoms with E-state index in [1.165, 1.54) is 12.8 Å². The average Bonchev–Trinajstić information content (AvgIpc) is 2.37. The number of fused-ring (bicyclic) bond motifs is 1. The third kappa shape index (κ3) is 3.57. The third-order valence-electron chi connectivity index (χ3n) is 4.65. The highest BCUT2D eigenvalue weighted by atomic mass is 19.4. The summed E-state index contributed by atoms with van der Waals surface area (Å²) in [6.07, 6.45) is 1.09. The lowest BCUT2D eigenvalue weighted by molar-refractivity contribution is -0.172. The van der Waals surface area contributed by atoms with E-state index in [4.69, 9.17) is 0 Å². The molecule has 108 valence electrons. The predicted octanol–water partition coefficient (Wildman–Crippen LogP) is 3.68. The van der Waals surface area contributed by atoms with Crippen molar-refractivity contribution in [2.75, 3.05) is 0 Å². The van der Waals surface area contributed by atoms with E-state index >= 15 is 0 Å². The van der Waals surface area contributed by atoms with Crippen molar-refractivity contribution in [2.45, 2.75) is 57.5 Å². The van der Waals surface area contributed by atoms with Crippen molar-refractivity contribution in [1.29, 1.82) is 0 Å². The molecule has 0 aliphatic heterocycles. The molecule has 0 bridgehead atoms. The van der Waals surface area contributed by atoms with Crippen molar-refractivity contribution >= 4 is 11.6 Å². The molecule has 0 amide bonds. The van der Waals surface area contributed by atoms with Gasteiger partial charge in [-0.1, -0.05) is 25.7 Å². The van der Waals surface area contributed by atoms with Gasteiger partial charge in [-0.3, -0.25) is 9.59 Å². The number of rotatable bonds is 3. The van der Waals surface area contributed by atoms with Gasteiger partial charge in [0.25, 0.3) is 0 Å². The van der Waals surface area contributed by atoms with Crippen molar-refractivity contribution in [3.8, 4) is 0 Å². The zero-order valence-electron chi connectivity index (χ0n) is 10.8. The fourth-order valence-corrected chi connectivity index (χ4v) is 3.57. The smallest absolute Gasteiger partial charge is 0.299 e. The minimum Gasteiger partial charge on any atom is -0.299 e. The minimum absolute atomic E-state index is 0.328. The van der Waals surface area contributed by atoms with Gasteiger partial charge in [-0.15, -0.1) is 0 Å². The predicted molar refractivity (Wildman–Crippen MR) is 63.5 cm³/mol. The van der Waals surface area contributed by atoms with Crippen molar-refractivity contribution in [3.63, 3.8) is 0 Å². The fraction of sp³-hybridized carbons (Fsp3) is 0.857. The number of halogens is 3. The van der Waals surface area contributed by atoms with Crippen LogP contribution in [0.4, 0.5) is 13.2 Å². The number of carbonyl (C=O) groups excluding carboxylic acids is 2. The maximum Gasteiger partial charge on any atom is 0.450 e. The van der Waals surface area contributed by atoms with E-state index < -0.39 is 24.2 Å². The molecule has 2 saturated carbocycles. The van der Waals surface area contributed by atoms with Gasteiger partial charge in [-0.2, -0.15) is 13.2 Å². The van der Waals surface area contributed by atoms with Gasteiger partial charge >= 0.3 is 6.18 Å². The van der Waals surface area contributed by atoms with Gasteiger partial charge in [-0.05, 0) is 31.1 Å². The van der Waals surface area contributed by atoms with Crippen LogP contribution in [0.2, 0.25) is 0 Å². The number of Topliss-reactive ketones (excluding diaryl/α,β-unsaturated/α-hetero) is 2. The Balaban J connectivity index is 1.88. The third-order valence-corrected chi connectivity index (χ3v) is 4.65. The van der Waals surface area contributed by atoms with Crippen LogP contribution in [0.15, 0.2) is 0 Å². The number of carbonyl (C=O) groups is 2. The highest BCUT2D eigenvalue weighted by molar-refractivity contribution is 6.02. The molecule has 0 spiro atoms. The molecule has 0 aromatic heterocycles. The fourth-order valence-electron chi connectivity index (χ4n) is 3.57. The van der Waals surface area contributed by atoms with Crippen LogP contribution in [0, 0.1) is 17.8 Å². The second-order valence-corrected chi connectivity index (χ2v) is 5.88. The molecule has 0 N–H and O–H groups in total. The number of hydrogen-bond donors (Lipinski definition) is 0. The Labute approximate surface area is 110 Å². The van der Waals surface area contributed by atoms with Crippen molar-refractivity contribution < 1.29 is 22.8 Å². The first kappa shape index (κ1) is 14.5. The SMILES string of the molecule is O=C(CC(=O)C(F)(F)F)C1CCC2CCCCC2C1. The molecule has 0 saturated heterocycles. The zero-order valence-corrected chi connectivity index (χ0v) is 10.8. The van der Waals surface area contributed by atoms with E-state index in [2.05, 4.69) is 0 Å². The summed E-state index contributed by atoms with van der Waals surface area (Å²) in [5.41, 5.74) is 0. The normalized spacial score (nSPS) is 31.6. The molecule has 3 atom stereocenters. The Bertz CT molecular complexity index is 362. The molecule has 2 aliphatic rings. The first-order valence-corrected chi connectivity index (χ1v) is 7.00. The van der Waals surface area contributed by atoms with Crippen LogP contribution in [0.3, 0.4) is 0 Å². The summed E-state index contributed by atoms with van der Waals surface area (Å²) >= 11 is 0. The van der Waals surface area contributed by atoms with Crippen LogP contribution < -0.4 is 0 Å². The van der Waals surface area contributed by atoms with Gasteiger partial charge in [0.05, 0.1) is 6.42 Å². The lowest BCUT2D eigenvalue weighted by Gasteiger charge is -2.38. The molecule has 3 unspecified atom stereocenters. The zero-order chi connectivity index (χ0) is 14.0. The van der Waals surface area contributed by atoms with Crippen LogP contribution in [-0.2, 0) is 9.59 Å². The summed E-state index contributed by atoms with van der Waals surface area (Å²) in [4.78, 5) is 22.7. The monoisotopic (exact) mass is 276 g/mol. The van der Waals surface area contributed by atoms with Crippen molar-refractivity contribution in [1.82, 2.24) is 0 Å². The quantitative estimate of drug-likeness (QED) is 0.737. The summed E-state index contributed by atoms with van der Waals surface area (Å²) in [5.74, 6) is -1.60. The molecule has 2 nitrogen and oxygen atoms in total. The lowest BCUT2D eigenvalue weighted by atomic mass is 9.66. The molecule has 0 radical (unpaired) electrons. The molecular formula is C14H19F3O2. The molecule has 2 rings (SSSR count). The summed E-state index contributed by atoms with van der Waals surface area (Å²) < 4.78 is 36.4. The maximum absolute atomic E-state index is 12.1. The van der Waals surface area contributed by atoms with Crippen LogP contribution in [0.1, 0.15) is 51.4 Å². The lowest BCUT2D eigenvalue weighted by Crippen LogP contribution is -2.34. The Hall–Kier alpha value is -0.870. The number of hydrogen-bond acceptors (Lipinski definition) is 2. The van der Waals surface area contributed by atoms with Gasteiger partial charge < -0.3 is 0 Å². The second-order valence-electron chi connectivity index (χ2n) is 5.88. The Morgan fingerprint density at radius 3 is 2.21 bits per heavy atom. The molecule has 2 fully saturated rings. The summed E-state index contributed by atoms with van der Waals surface area (Å²) in [5, 5.41) is 0. The van der Waals surface area contributed by atoms with Crippen LogP contribution >= 0.6 is 0 Å². The molecular weight excluding hydrogens is 257 g/mol. The van der Waals surface area contributed by atoms with E-state index in [1.54, 1.807) is 0 Å². The van der Waals surface area contributed by atoms with Gasteiger partial charge in [-0.25, -0.2) is 0 Å². The number of ketones is 2. The van der Waals surface area contributed by atoms with E-state index in [0.717, 1.165) is 19.3 Å². The van der Waals surface area contributed by atoms with E-state index in [0.29, 0.717) is 24.7 Å². The first-order valence-electron chi connectivity index (χ1n) is 7.00. The Morgan fingerprint density at radius 1 is 0.947 bits per heavy atom. The van der Waals surface area contributed by atoms with E-state index in [9.17, 15) is 22.8 Å². The van der Waals surface area contributed by atoms with E-state index in [-0.39, 0.29) is 5.92 Å². The molecule has 19 heavy (non-hydrogen) atoms. The largest absolute Gasteiger partial charge is 0.450 e. The highest BCUT2D eigenvalue weighted by Crippen LogP contribution is 2.43. The van der Waals surface area contributed by atoms with Crippen LogP contribution in [-0.4, -0.2) is 17.7 Å². The standard InChI is InChI=1S/C14H19F3O2/c15-14(16,17)13(19)8-12(18)11-6-5-9-3-1-2-4-10(9)7-11/h9-11H,1-8H2. The van der Waals surface area contributed by atoms with Gasteiger partial charge in [0.1, 0.15) is 5.78 Å². The summed E-state index contributed by atoms with van der Waals surface area (Å²) in [6, 6.07) is 0. The molecule has 0 heterocycles. The average molecular weight is 276 g/mol. The second kappa shape index (κ2) is 5.63. The highest BCUT2D eigenvalue weighted by Gasteiger charge is 2.41. The molecule has 2 aliphatic carbocycles. The Morgan fingerprint density at radius 2 is 1.58 bits per heavy atom. The topological polar surface area (TPSA) is 34.1 Å². The minimum atomic E-state index is -4.88. The summed E-state index contributed by atoms with van der Waals surface area (Å²) in [6.45, 7) is 0. The van der Waals surface area contributed by atoms with Crippen molar-refractivity contribution in [3.05, 3.63) is 0 Å². The van der Waals surface area contributed by atoms with Gasteiger partial charge in [0.2, 0.25) is 5.78 Å². The van der Waals surface area contributed by atoms with Crippen molar-refractivity contribution in [2.24, 2.45) is 17.8 Å². The Kier molecular flexibility index (Phi) is 4.31.